The smallest absolute Gasteiger partial charge is 0.262 e. The van der Waals surface area contributed by atoms with E-state index >= 15 is 0 Å². The van der Waals surface area contributed by atoms with Crippen LogP contribution in [0.1, 0.15) is 24.0 Å². The maximum absolute atomic E-state index is 11.7. The molecule has 1 atom stereocenters. The first-order chi connectivity index (χ1) is 10.8. The molecule has 23 heavy (non-hydrogen) atoms. The molecule has 1 aliphatic heterocycles. The predicted molar refractivity (Wildman–Crippen MR) is 87.9 cm³/mol. The van der Waals surface area contributed by atoms with Gasteiger partial charge in [0.05, 0.1) is 11.5 Å². The molecule has 6 nitrogen and oxygen atoms in total. The lowest BCUT2D eigenvalue weighted by molar-refractivity contribution is -0.127. The number of hydrogen-bond acceptors (Lipinski definition) is 4. The molecule has 124 valence electrons. The van der Waals surface area contributed by atoms with Gasteiger partial charge in [-0.15, -0.1) is 0 Å². The van der Waals surface area contributed by atoms with E-state index in [4.69, 9.17) is 0 Å². The minimum atomic E-state index is -2.99. The summed E-state index contributed by atoms with van der Waals surface area (Å²) in [4.78, 5) is 23.3. The molecule has 1 aromatic rings. The Hall–Kier alpha value is -2.15. The van der Waals surface area contributed by atoms with Crippen LogP contribution in [-0.2, 0) is 19.4 Å². The molecule has 1 aliphatic rings. The molecule has 1 saturated heterocycles. The Morgan fingerprint density at radius 1 is 1.30 bits per heavy atom. The molecule has 2 amide bonds. The number of benzene rings is 1. The average Bonchev–Trinajstić information content (AvgIpc) is 2.82. The van der Waals surface area contributed by atoms with Gasteiger partial charge in [-0.2, -0.15) is 0 Å². The highest BCUT2D eigenvalue weighted by atomic mass is 32.2. The number of hydrogen-bond donors (Lipinski definition) is 2. The Balaban J connectivity index is 1.75. The number of aryl methyl sites for hydroxylation is 1. The van der Waals surface area contributed by atoms with E-state index in [1.54, 1.807) is 6.08 Å². The Morgan fingerprint density at radius 2 is 2.09 bits per heavy atom. The fourth-order valence-electron chi connectivity index (χ4n) is 2.46. The molecule has 7 heteroatoms. The van der Waals surface area contributed by atoms with Crippen molar-refractivity contribution in [2.75, 3.05) is 11.5 Å². The number of carbonyl (C=O) groups excluding carboxylic acids is 2. The van der Waals surface area contributed by atoms with Gasteiger partial charge in [-0.1, -0.05) is 29.8 Å². The van der Waals surface area contributed by atoms with Gasteiger partial charge in [0.1, 0.15) is 0 Å². The van der Waals surface area contributed by atoms with Crippen LogP contribution in [-0.4, -0.2) is 31.7 Å². The van der Waals surface area contributed by atoms with E-state index in [-0.39, 0.29) is 29.8 Å². The summed E-state index contributed by atoms with van der Waals surface area (Å²) >= 11 is 0. The first-order valence-corrected chi connectivity index (χ1v) is 9.20. The normalized spacial score (nSPS) is 19.6. The fourth-order valence-corrected chi connectivity index (χ4v) is 4.33. The molecule has 0 radical (unpaired) electrons. The maximum Gasteiger partial charge on any atom is 0.262 e. The molecule has 1 heterocycles. The van der Waals surface area contributed by atoms with Crippen molar-refractivity contribution in [1.29, 1.82) is 0 Å². The van der Waals surface area contributed by atoms with Crippen LogP contribution in [0.15, 0.2) is 30.3 Å². The lowest BCUT2D eigenvalue weighted by atomic mass is 10.1. The van der Waals surface area contributed by atoms with Gasteiger partial charge in [0.2, 0.25) is 5.91 Å². The summed E-state index contributed by atoms with van der Waals surface area (Å²) in [5.74, 6) is -0.818. The highest BCUT2D eigenvalue weighted by Crippen LogP contribution is 2.21. The fraction of sp³-hybridized carbons (Fsp3) is 0.375. The molecule has 2 N–H and O–H groups in total. The van der Waals surface area contributed by atoms with Gasteiger partial charge in [0, 0.05) is 12.5 Å². The van der Waals surface area contributed by atoms with Gasteiger partial charge in [0.25, 0.3) is 5.91 Å². The van der Waals surface area contributed by atoms with Crippen LogP contribution in [0, 0.1) is 12.8 Å². The van der Waals surface area contributed by atoms with Crippen molar-refractivity contribution in [3.05, 3.63) is 41.5 Å². The number of hydrazine groups is 1. The van der Waals surface area contributed by atoms with Crippen molar-refractivity contribution >= 4 is 27.7 Å². The minimum Gasteiger partial charge on any atom is -0.273 e. The van der Waals surface area contributed by atoms with Crippen LogP contribution < -0.4 is 10.9 Å². The lowest BCUT2D eigenvalue weighted by Crippen LogP contribution is -2.41. The van der Waals surface area contributed by atoms with E-state index in [1.807, 2.05) is 31.2 Å². The molecule has 0 spiro atoms. The lowest BCUT2D eigenvalue weighted by Gasteiger charge is -2.08. The molecule has 0 bridgehead atoms. The van der Waals surface area contributed by atoms with Gasteiger partial charge in [-0.05, 0) is 30.9 Å². The van der Waals surface area contributed by atoms with Crippen molar-refractivity contribution in [3.63, 3.8) is 0 Å². The van der Waals surface area contributed by atoms with Crippen LogP contribution in [0.2, 0.25) is 0 Å². The highest BCUT2D eigenvalue weighted by Gasteiger charge is 2.29. The molecular formula is C16H20N2O4S. The molecule has 2 rings (SSSR count). The van der Waals surface area contributed by atoms with Crippen molar-refractivity contribution in [3.8, 4) is 0 Å². The summed E-state index contributed by atoms with van der Waals surface area (Å²) < 4.78 is 22.6. The topological polar surface area (TPSA) is 92.3 Å². The maximum atomic E-state index is 11.7. The second-order valence-electron chi connectivity index (χ2n) is 5.76. The third-order valence-corrected chi connectivity index (χ3v) is 5.43. The molecule has 0 aromatic heterocycles. The summed E-state index contributed by atoms with van der Waals surface area (Å²) in [6.45, 7) is 1.96. The largest absolute Gasteiger partial charge is 0.273 e. The first kappa shape index (κ1) is 17.2. The Kier molecular flexibility index (Phi) is 5.54. The molecule has 0 unspecified atom stereocenters. The second-order valence-corrected chi connectivity index (χ2v) is 7.99. The third kappa shape index (κ3) is 5.86. The van der Waals surface area contributed by atoms with Gasteiger partial charge in [-0.25, -0.2) is 8.42 Å². The number of sulfone groups is 1. The third-order valence-electron chi connectivity index (χ3n) is 3.60. The molecule has 1 aromatic carbocycles. The quantitative estimate of drug-likeness (QED) is 0.633. The van der Waals surface area contributed by atoms with Crippen LogP contribution >= 0.6 is 0 Å². The van der Waals surface area contributed by atoms with Crippen LogP contribution in [0.5, 0.6) is 0 Å². The second kappa shape index (κ2) is 7.41. The average molecular weight is 336 g/mol. The Labute approximate surface area is 135 Å². The minimum absolute atomic E-state index is 0.0433. The molecule has 0 aliphatic carbocycles. The van der Waals surface area contributed by atoms with E-state index < -0.39 is 15.7 Å². The predicted octanol–water partition coefficient (Wildman–Crippen LogP) is 0.980. The monoisotopic (exact) mass is 336 g/mol. The van der Waals surface area contributed by atoms with E-state index in [2.05, 4.69) is 10.9 Å². The Bertz CT molecular complexity index is 725. The summed E-state index contributed by atoms with van der Waals surface area (Å²) in [6, 6.07) is 7.66. The zero-order valence-electron chi connectivity index (χ0n) is 12.9. The first-order valence-electron chi connectivity index (χ1n) is 7.38. The summed E-state index contributed by atoms with van der Waals surface area (Å²) in [5, 5.41) is 0. The van der Waals surface area contributed by atoms with Crippen molar-refractivity contribution < 1.29 is 18.0 Å². The number of nitrogens with one attached hydrogen (secondary N) is 2. The van der Waals surface area contributed by atoms with Gasteiger partial charge in [0.15, 0.2) is 9.84 Å². The SMILES string of the molecule is Cc1cccc(/C=C/C(=O)NNC(=O)C[C@@H]2CCS(=O)(=O)C2)c1. The summed E-state index contributed by atoms with van der Waals surface area (Å²) in [5.41, 5.74) is 6.57. The standard InChI is InChI=1S/C16H20N2O4S/c1-12-3-2-4-13(9-12)5-6-15(19)17-18-16(20)10-14-7-8-23(21,22)11-14/h2-6,9,14H,7-8,10-11H2,1H3,(H,17,19)(H,18,20)/b6-5+/t14-/m0/s1. The number of rotatable bonds is 4. The summed E-state index contributed by atoms with van der Waals surface area (Å²) in [7, 11) is -2.99. The number of amides is 2. The molecular weight excluding hydrogens is 316 g/mol. The van der Waals surface area contributed by atoms with Gasteiger partial charge in [-0.3, -0.25) is 20.4 Å². The molecule has 1 fully saturated rings. The van der Waals surface area contributed by atoms with E-state index in [9.17, 15) is 18.0 Å². The van der Waals surface area contributed by atoms with E-state index in [1.165, 1.54) is 6.08 Å². The van der Waals surface area contributed by atoms with Gasteiger partial charge >= 0.3 is 0 Å². The highest BCUT2D eigenvalue weighted by molar-refractivity contribution is 7.91. The van der Waals surface area contributed by atoms with E-state index in [0.717, 1.165) is 11.1 Å². The van der Waals surface area contributed by atoms with E-state index in [0.29, 0.717) is 6.42 Å². The van der Waals surface area contributed by atoms with Crippen molar-refractivity contribution in [2.45, 2.75) is 19.8 Å². The zero-order valence-corrected chi connectivity index (χ0v) is 13.7. The number of carbonyl (C=O) groups is 2. The van der Waals surface area contributed by atoms with Crippen LogP contribution in [0.4, 0.5) is 0 Å². The van der Waals surface area contributed by atoms with Crippen molar-refractivity contribution in [1.82, 2.24) is 10.9 Å². The van der Waals surface area contributed by atoms with Crippen molar-refractivity contribution in [2.24, 2.45) is 5.92 Å². The van der Waals surface area contributed by atoms with Crippen LogP contribution in [0.3, 0.4) is 0 Å². The summed E-state index contributed by atoms with van der Waals surface area (Å²) in [6.07, 6.45) is 3.57. The Morgan fingerprint density at radius 3 is 2.74 bits per heavy atom. The zero-order chi connectivity index (χ0) is 16.9. The molecule has 0 saturated carbocycles. The van der Waals surface area contributed by atoms with Crippen LogP contribution in [0.25, 0.3) is 6.08 Å². The van der Waals surface area contributed by atoms with Gasteiger partial charge < -0.3 is 0 Å².